The predicted molar refractivity (Wildman–Crippen MR) is 93.4 cm³/mol. The van der Waals surface area contributed by atoms with Gasteiger partial charge >= 0.3 is 5.69 Å². The molecule has 3 N–H and O–H groups in total. The van der Waals surface area contributed by atoms with Crippen LogP contribution in [0.2, 0.25) is 0 Å². The fourth-order valence-corrected chi connectivity index (χ4v) is 2.52. The molecule has 1 aromatic carbocycles. The van der Waals surface area contributed by atoms with Crippen LogP contribution in [0.25, 0.3) is 22.4 Å². The number of benzene rings is 1. The zero-order valence-electron chi connectivity index (χ0n) is 13.5. The number of carbonyl (C=O) groups excluding carboxylic acids is 1. The van der Waals surface area contributed by atoms with Crippen LogP contribution in [0.4, 0.5) is 5.69 Å². The van der Waals surface area contributed by atoms with E-state index in [1.165, 1.54) is 0 Å². The van der Waals surface area contributed by atoms with Crippen LogP contribution in [-0.2, 0) is 11.2 Å². The summed E-state index contributed by atoms with van der Waals surface area (Å²) in [7, 11) is 0. The molecule has 0 aliphatic rings. The van der Waals surface area contributed by atoms with E-state index in [9.17, 15) is 9.59 Å². The van der Waals surface area contributed by atoms with Gasteiger partial charge < -0.3 is 19.8 Å². The van der Waals surface area contributed by atoms with E-state index in [0.29, 0.717) is 34.9 Å². The Morgan fingerprint density at radius 2 is 2.08 bits per heavy atom. The van der Waals surface area contributed by atoms with E-state index in [1.807, 2.05) is 6.07 Å². The summed E-state index contributed by atoms with van der Waals surface area (Å²) in [6, 6.07) is 8.75. The number of aryl methyl sites for hydroxylation is 1. The predicted octanol–water partition coefficient (Wildman–Crippen LogP) is 1.87. The summed E-state index contributed by atoms with van der Waals surface area (Å²) in [5.74, 6) is 0.628. The van der Waals surface area contributed by atoms with Gasteiger partial charge in [0.15, 0.2) is 0 Å². The number of fused-ring (bicyclic) bond motifs is 1. The largest absolute Gasteiger partial charge is 0.339 e. The van der Waals surface area contributed by atoms with Crippen molar-refractivity contribution in [2.24, 2.45) is 0 Å². The first-order valence-corrected chi connectivity index (χ1v) is 7.92. The van der Waals surface area contributed by atoms with Crippen LogP contribution in [0.5, 0.6) is 0 Å². The Balaban J connectivity index is 1.37. The maximum Gasteiger partial charge on any atom is 0.323 e. The minimum absolute atomic E-state index is 0.191. The maximum atomic E-state index is 12.1. The number of aromatic nitrogens is 5. The molecule has 4 rings (SSSR count). The molecule has 0 spiro atoms. The number of rotatable bonds is 5. The molecule has 4 aromatic rings. The van der Waals surface area contributed by atoms with Crippen LogP contribution in [0.15, 0.2) is 52.0 Å². The zero-order valence-corrected chi connectivity index (χ0v) is 13.5. The summed E-state index contributed by atoms with van der Waals surface area (Å²) >= 11 is 0. The number of hydrogen-bond acceptors (Lipinski definition) is 6. The molecule has 0 fully saturated rings. The number of hydrogen-bond donors (Lipinski definition) is 3. The summed E-state index contributed by atoms with van der Waals surface area (Å²) in [6.45, 7) is 0. The minimum Gasteiger partial charge on any atom is -0.339 e. The van der Waals surface area contributed by atoms with Gasteiger partial charge in [0.05, 0.1) is 11.0 Å². The van der Waals surface area contributed by atoms with Gasteiger partial charge in [-0.3, -0.25) is 9.78 Å². The molecule has 0 bridgehead atoms. The molecule has 0 atom stereocenters. The van der Waals surface area contributed by atoms with E-state index in [-0.39, 0.29) is 18.0 Å². The van der Waals surface area contributed by atoms with Crippen molar-refractivity contribution in [3.05, 3.63) is 59.1 Å². The second-order valence-electron chi connectivity index (χ2n) is 5.64. The Hall–Kier alpha value is -3.75. The summed E-state index contributed by atoms with van der Waals surface area (Å²) < 4.78 is 5.17. The van der Waals surface area contributed by atoms with Crippen LogP contribution >= 0.6 is 0 Å². The number of H-pyrrole nitrogens is 2. The molecule has 0 unspecified atom stereocenters. The number of nitrogens with zero attached hydrogens (tertiary/aromatic N) is 3. The van der Waals surface area contributed by atoms with Crippen LogP contribution < -0.4 is 11.0 Å². The molecule has 3 heterocycles. The quantitative estimate of drug-likeness (QED) is 0.504. The van der Waals surface area contributed by atoms with Gasteiger partial charge in [-0.25, -0.2) is 4.79 Å². The number of pyridine rings is 1. The highest BCUT2D eigenvalue weighted by atomic mass is 16.5. The maximum absolute atomic E-state index is 12.1. The first-order valence-electron chi connectivity index (χ1n) is 7.92. The van der Waals surface area contributed by atoms with Crippen molar-refractivity contribution in [1.82, 2.24) is 25.1 Å². The minimum atomic E-state index is -0.288. The number of anilines is 1. The van der Waals surface area contributed by atoms with Gasteiger partial charge in [0.2, 0.25) is 17.6 Å². The van der Waals surface area contributed by atoms with Gasteiger partial charge in [0, 0.05) is 36.5 Å². The highest BCUT2D eigenvalue weighted by Crippen LogP contribution is 2.16. The molecule has 0 aliphatic heterocycles. The molecule has 0 aliphatic carbocycles. The van der Waals surface area contributed by atoms with Crippen LogP contribution in [0, 0.1) is 0 Å². The Kier molecular flexibility index (Phi) is 4.02. The highest BCUT2D eigenvalue weighted by molar-refractivity contribution is 5.93. The number of imidazole rings is 1. The summed E-state index contributed by atoms with van der Waals surface area (Å²) in [5, 5.41) is 6.67. The van der Waals surface area contributed by atoms with Crippen molar-refractivity contribution in [3.8, 4) is 11.4 Å². The average Bonchev–Trinajstić information content (AvgIpc) is 3.26. The van der Waals surface area contributed by atoms with Crippen molar-refractivity contribution in [1.29, 1.82) is 0 Å². The van der Waals surface area contributed by atoms with Gasteiger partial charge in [-0.1, -0.05) is 5.16 Å². The number of carbonyl (C=O) groups is 1. The fourth-order valence-electron chi connectivity index (χ4n) is 2.52. The normalized spacial score (nSPS) is 10.9. The first-order chi connectivity index (χ1) is 12.7. The van der Waals surface area contributed by atoms with Crippen molar-refractivity contribution in [2.45, 2.75) is 12.8 Å². The fraction of sp³-hybridized carbons (Fsp3) is 0.118. The summed E-state index contributed by atoms with van der Waals surface area (Å²) in [4.78, 5) is 36.9. The van der Waals surface area contributed by atoms with E-state index < -0.39 is 0 Å². The van der Waals surface area contributed by atoms with Crippen molar-refractivity contribution in [2.75, 3.05) is 5.32 Å². The second kappa shape index (κ2) is 6.63. The topological polar surface area (TPSA) is 130 Å². The Labute approximate surface area is 146 Å². The molecule has 3 aromatic heterocycles. The van der Waals surface area contributed by atoms with E-state index in [2.05, 4.69) is 30.4 Å². The first kappa shape index (κ1) is 15.8. The van der Waals surface area contributed by atoms with Crippen LogP contribution in [-0.4, -0.2) is 31.0 Å². The Bertz CT molecular complexity index is 1110. The molecule has 0 radical (unpaired) electrons. The molecule has 0 saturated heterocycles. The molecule has 1 amide bonds. The molecule has 130 valence electrons. The Morgan fingerprint density at radius 1 is 1.19 bits per heavy atom. The van der Waals surface area contributed by atoms with E-state index in [0.717, 1.165) is 5.56 Å². The van der Waals surface area contributed by atoms with Crippen molar-refractivity contribution in [3.63, 3.8) is 0 Å². The molecule has 0 saturated carbocycles. The Morgan fingerprint density at radius 3 is 2.92 bits per heavy atom. The third-order valence-corrected chi connectivity index (χ3v) is 3.75. The molecular weight excluding hydrogens is 336 g/mol. The van der Waals surface area contributed by atoms with Gasteiger partial charge in [-0.05, 0) is 30.3 Å². The van der Waals surface area contributed by atoms with Crippen LogP contribution in [0.1, 0.15) is 12.3 Å². The van der Waals surface area contributed by atoms with Gasteiger partial charge in [-0.2, -0.15) is 4.98 Å². The lowest BCUT2D eigenvalue weighted by Crippen LogP contribution is -2.12. The third-order valence-electron chi connectivity index (χ3n) is 3.75. The molecular formula is C17H14N6O3. The SMILES string of the molecule is O=C(CCc1nc(-c2cccnc2)no1)Nc1ccc2[nH]c(=O)[nH]c2c1. The van der Waals surface area contributed by atoms with Crippen LogP contribution in [0.3, 0.4) is 0 Å². The molecule has 9 nitrogen and oxygen atoms in total. The lowest BCUT2D eigenvalue weighted by molar-refractivity contribution is -0.116. The van der Waals surface area contributed by atoms with E-state index >= 15 is 0 Å². The van der Waals surface area contributed by atoms with E-state index in [1.54, 1.807) is 36.7 Å². The van der Waals surface area contributed by atoms with Gasteiger partial charge in [0.1, 0.15) is 0 Å². The van der Waals surface area contributed by atoms with Crippen molar-refractivity contribution >= 4 is 22.6 Å². The zero-order chi connectivity index (χ0) is 17.9. The lowest BCUT2D eigenvalue weighted by Gasteiger charge is -2.04. The molecule has 26 heavy (non-hydrogen) atoms. The number of aromatic amines is 2. The second-order valence-corrected chi connectivity index (χ2v) is 5.64. The summed E-state index contributed by atoms with van der Waals surface area (Å²) in [5.41, 5.74) is 2.37. The third kappa shape index (κ3) is 3.36. The van der Waals surface area contributed by atoms with Crippen molar-refractivity contribution < 1.29 is 9.32 Å². The lowest BCUT2D eigenvalue weighted by atomic mass is 10.2. The monoisotopic (exact) mass is 350 g/mol. The smallest absolute Gasteiger partial charge is 0.323 e. The number of amides is 1. The van der Waals surface area contributed by atoms with Gasteiger partial charge in [-0.15, -0.1) is 0 Å². The van der Waals surface area contributed by atoms with E-state index in [4.69, 9.17) is 4.52 Å². The highest BCUT2D eigenvalue weighted by Gasteiger charge is 2.11. The standard InChI is InChI=1S/C17H14N6O3/c24-14(19-11-3-4-12-13(8-11)21-17(25)20-12)5-6-15-22-16(23-26-15)10-2-1-7-18-9-10/h1-4,7-9H,5-6H2,(H,19,24)(H2,20,21,25). The summed E-state index contributed by atoms with van der Waals surface area (Å²) in [6.07, 6.45) is 3.82. The number of nitrogens with one attached hydrogen (secondary N) is 3. The average molecular weight is 350 g/mol. The van der Waals surface area contributed by atoms with Gasteiger partial charge in [0.25, 0.3) is 0 Å². The molecule has 9 heteroatoms.